The first-order valence-electron chi connectivity index (χ1n) is 10.1. The molecule has 1 aromatic heterocycles. The number of carbonyl (C=O) groups is 3. The number of hydrogen-bond acceptors (Lipinski definition) is 6. The summed E-state index contributed by atoms with van der Waals surface area (Å²) < 4.78 is 14.2. The molecule has 30 heavy (non-hydrogen) atoms. The predicted octanol–water partition coefficient (Wildman–Crippen LogP) is 0.637. The van der Waals surface area contributed by atoms with E-state index in [4.69, 9.17) is 0 Å². The van der Waals surface area contributed by atoms with Crippen LogP contribution in [-0.4, -0.2) is 63.8 Å². The Balaban J connectivity index is 1.74. The van der Waals surface area contributed by atoms with Gasteiger partial charge in [-0.1, -0.05) is 30.8 Å². The average molecular weight is 423 g/mol. The summed E-state index contributed by atoms with van der Waals surface area (Å²) in [6.45, 7) is -0.473. The molecule has 2 fully saturated rings. The Morgan fingerprint density at radius 2 is 2.20 bits per heavy atom. The van der Waals surface area contributed by atoms with Gasteiger partial charge in [0.2, 0.25) is 12.3 Å². The van der Waals surface area contributed by atoms with Crippen LogP contribution in [0.4, 0.5) is 10.2 Å². The zero-order valence-electron chi connectivity index (χ0n) is 16.5. The molecular formula is C19H26FN5O5. The fraction of sp³-hybridized carbons (Fsp3) is 0.632. The molecule has 10 nitrogen and oxygen atoms in total. The zero-order valence-corrected chi connectivity index (χ0v) is 16.5. The second kappa shape index (κ2) is 9.79. The van der Waals surface area contributed by atoms with Crippen molar-refractivity contribution in [1.29, 1.82) is 0 Å². The topological polar surface area (TPSA) is 130 Å². The van der Waals surface area contributed by atoms with Gasteiger partial charge in [-0.15, -0.1) is 4.85 Å². The quantitative estimate of drug-likeness (QED) is 0.207. The highest BCUT2D eigenvalue weighted by Gasteiger charge is 2.44. The van der Waals surface area contributed by atoms with Crippen molar-refractivity contribution in [3.8, 4) is 0 Å². The minimum atomic E-state index is -1.39. The Morgan fingerprint density at radius 3 is 2.87 bits per heavy atom. The molecule has 3 amide bonds. The van der Waals surface area contributed by atoms with Gasteiger partial charge in [0, 0.05) is 12.5 Å². The largest absolute Gasteiger partial charge is 0.691 e. The van der Waals surface area contributed by atoms with E-state index < -0.39 is 29.9 Å². The number of anilines is 1. The Hall–Kier alpha value is -2.82. The van der Waals surface area contributed by atoms with Gasteiger partial charge in [0.1, 0.15) is 12.2 Å². The van der Waals surface area contributed by atoms with Gasteiger partial charge in [-0.2, -0.15) is 0 Å². The summed E-state index contributed by atoms with van der Waals surface area (Å²) in [6, 6.07) is 1.72. The molecule has 0 radical (unpaired) electrons. The molecule has 3 atom stereocenters. The van der Waals surface area contributed by atoms with E-state index in [0.717, 1.165) is 30.6 Å². The normalized spacial score (nSPS) is 22.7. The van der Waals surface area contributed by atoms with Crippen LogP contribution in [0.3, 0.4) is 0 Å². The number of nitrogens with zero attached hydrogens (tertiary/aromatic N) is 4. The number of carbonyl (C=O) groups excluding carboxylic acids is 3. The zero-order chi connectivity index (χ0) is 21.7. The number of amides is 3. The number of nitrogens with one attached hydrogen (secondary N) is 1. The standard InChI is InChI=1S/C19H26FN5O5/c20-15-9-16(18(27)22-17-6-3-7-21-25(17)30)24(11-15)19(28)14(10-23(29)12-26)8-13-4-1-2-5-13/h3,6-7,12-16,29H,1-2,4-5,8-11H2,(H,22,27)/t14-,15-,16+/m1/s1. The smallest absolute Gasteiger partial charge is 0.330 e. The van der Waals surface area contributed by atoms with Crippen molar-refractivity contribution < 1.29 is 28.8 Å². The van der Waals surface area contributed by atoms with E-state index in [1.807, 2.05) is 0 Å². The summed E-state index contributed by atoms with van der Waals surface area (Å²) in [5, 5.41) is 27.6. The predicted molar refractivity (Wildman–Crippen MR) is 101 cm³/mol. The number of rotatable bonds is 8. The maximum Gasteiger partial charge on any atom is 0.330 e. The second-order valence-electron chi connectivity index (χ2n) is 7.92. The van der Waals surface area contributed by atoms with Gasteiger partial charge in [0.05, 0.1) is 25.2 Å². The van der Waals surface area contributed by atoms with E-state index in [0.29, 0.717) is 11.5 Å². The third-order valence-electron chi connectivity index (χ3n) is 5.78. The number of alkyl halides is 1. The lowest BCUT2D eigenvalue weighted by Gasteiger charge is -2.29. The molecule has 0 bridgehead atoms. The Labute approximate surface area is 173 Å². The molecule has 0 unspecified atom stereocenters. The van der Waals surface area contributed by atoms with Crippen molar-refractivity contribution in [2.45, 2.75) is 50.7 Å². The minimum Gasteiger partial charge on any atom is -0.691 e. The molecule has 3 rings (SSSR count). The number of likely N-dealkylation sites (tertiary alicyclic amines) is 1. The second-order valence-corrected chi connectivity index (χ2v) is 7.92. The lowest BCUT2D eigenvalue weighted by Crippen LogP contribution is -2.49. The van der Waals surface area contributed by atoms with Crippen LogP contribution in [0.5, 0.6) is 0 Å². The van der Waals surface area contributed by atoms with E-state index in [9.17, 15) is 29.2 Å². The molecule has 2 N–H and O–H groups in total. The molecule has 164 valence electrons. The summed E-state index contributed by atoms with van der Waals surface area (Å²) in [7, 11) is 0. The lowest BCUT2D eigenvalue weighted by molar-refractivity contribution is -0.654. The van der Waals surface area contributed by atoms with Gasteiger partial charge in [0.15, 0.2) is 0 Å². The molecule has 1 aliphatic carbocycles. The fourth-order valence-corrected chi connectivity index (χ4v) is 4.34. The van der Waals surface area contributed by atoms with E-state index in [2.05, 4.69) is 10.4 Å². The van der Waals surface area contributed by atoms with Crippen LogP contribution in [-0.2, 0) is 14.4 Å². The van der Waals surface area contributed by atoms with Crippen molar-refractivity contribution in [2.75, 3.05) is 18.4 Å². The number of hydroxylamine groups is 2. The van der Waals surface area contributed by atoms with Crippen molar-refractivity contribution in [1.82, 2.24) is 15.1 Å². The molecule has 1 aromatic rings. The van der Waals surface area contributed by atoms with E-state index in [1.165, 1.54) is 18.3 Å². The molecule has 1 saturated heterocycles. The monoisotopic (exact) mass is 423 g/mol. The van der Waals surface area contributed by atoms with E-state index in [1.54, 1.807) is 0 Å². The molecule has 0 aromatic carbocycles. The molecule has 1 aliphatic heterocycles. The third-order valence-corrected chi connectivity index (χ3v) is 5.78. The lowest BCUT2D eigenvalue weighted by atomic mass is 9.91. The maximum atomic E-state index is 14.2. The molecular weight excluding hydrogens is 397 g/mol. The first kappa shape index (κ1) is 21.9. The van der Waals surface area contributed by atoms with Gasteiger partial charge in [-0.25, -0.2) is 19.6 Å². The van der Waals surface area contributed by atoms with Crippen LogP contribution in [0.2, 0.25) is 0 Å². The SMILES string of the molecule is O=CN(O)C[C@@H](CC1CCCC1)C(=O)N1C[C@H](F)C[C@H]1C(=O)Nc1cccn[n+]1[O-]. The number of aromatic nitrogens is 2. The van der Waals surface area contributed by atoms with Crippen molar-refractivity contribution in [2.24, 2.45) is 11.8 Å². The molecule has 0 spiro atoms. The van der Waals surface area contributed by atoms with Crippen molar-refractivity contribution >= 4 is 24.0 Å². The summed E-state index contributed by atoms with van der Waals surface area (Å²) in [4.78, 5) is 38.2. The number of hydrogen-bond donors (Lipinski definition) is 2. The Morgan fingerprint density at radius 1 is 1.47 bits per heavy atom. The molecule has 1 saturated carbocycles. The van der Waals surface area contributed by atoms with Crippen LogP contribution in [0.1, 0.15) is 38.5 Å². The summed E-state index contributed by atoms with van der Waals surface area (Å²) in [5.74, 6) is -1.75. The molecule has 2 aliphatic rings. The van der Waals surface area contributed by atoms with Gasteiger partial charge >= 0.3 is 11.7 Å². The molecule has 11 heteroatoms. The van der Waals surface area contributed by atoms with E-state index >= 15 is 0 Å². The summed E-state index contributed by atoms with van der Waals surface area (Å²) in [5.41, 5.74) is 0. The average Bonchev–Trinajstić information content (AvgIpc) is 3.38. The highest BCUT2D eigenvalue weighted by atomic mass is 19.1. The first-order valence-corrected chi connectivity index (χ1v) is 10.1. The highest BCUT2D eigenvalue weighted by molar-refractivity contribution is 5.97. The Bertz CT molecular complexity index is 775. The fourth-order valence-electron chi connectivity index (χ4n) is 4.34. The van der Waals surface area contributed by atoms with Gasteiger partial charge in [-0.3, -0.25) is 14.8 Å². The minimum absolute atomic E-state index is 0.123. The van der Waals surface area contributed by atoms with Crippen LogP contribution in [0, 0.1) is 17.0 Å². The maximum absolute atomic E-state index is 14.2. The van der Waals surface area contributed by atoms with Crippen LogP contribution < -0.4 is 10.2 Å². The molecule has 2 heterocycles. The summed E-state index contributed by atoms with van der Waals surface area (Å²) >= 11 is 0. The van der Waals surface area contributed by atoms with Gasteiger partial charge in [0.25, 0.3) is 0 Å². The first-order chi connectivity index (χ1) is 14.4. The van der Waals surface area contributed by atoms with E-state index in [-0.39, 0.29) is 42.5 Å². The highest BCUT2D eigenvalue weighted by Crippen LogP contribution is 2.32. The van der Waals surface area contributed by atoms with Crippen molar-refractivity contribution in [3.05, 3.63) is 23.5 Å². The number of halogens is 1. The Kier molecular flexibility index (Phi) is 7.14. The van der Waals surface area contributed by atoms with Crippen LogP contribution in [0.25, 0.3) is 0 Å². The van der Waals surface area contributed by atoms with Gasteiger partial charge < -0.3 is 10.1 Å². The van der Waals surface area contributed by atoms with Gasteiger partial charge in [-0.05, 0) is 18.4 Å². The van der Waals surface area contributed by atoms with Crippen molar-refractivity contribution in [3.63, 3.8) is 0 Å². The van der Waals surface area contributed by atoms with Crippen LogP contribution >= 0.6 is 0 Å². The summed E-state index contributed by atoms with van der Waals surface area (Å²) in [6.07, 6.45) is 4.38. The third kappa shape index (κ3) is 5.21. The van der Waals surface area contributed by atoms with Crippen LogP contribution in [0.15, 0.2) is 18.3 Å².